The molecule has 1 unspecified atom stereocenters. The van der Waals surface area contributed by atoms with Crippen molar-refractivity contribution in [2.45, 2.75) is 19.4 Å². The minimum absolute atomic E-state index is 0.104. The Hall–Kier alpha value is -1.27. The molecule has 1 aromatic rings. The van der Waals surface area contributed by atoms with Crippen LogP contribution in [0.5, 0.6) is 0 Å². The van der Waals surface area contributed by atoms with Gasteiger partial charge in [0.1, 0.15) is 5.69 Å². The lowest BCUT2D eigenvalue weighted by molar-refractivity contribution is -0.117. The van der Waals surface area contributed by atoms with Crippen LogP contribution in [0.3, 0.4) is 0 Å². The van der Waals surface area contributed by atoms with Crippen molar-refractivity contribution in [3.05, 3.63) is 24.0 Å². The van der Waals surface area contributed by atoms with Crippen LogP contribution in [0.15, 0.2) is 18.3 Å². The standard InChI is InChI=1S/C11H17N3O2S/c1-2-8(12)6-17-7-10(15)14-11(16)9-4-3-5-13-9/h3-5,8,13H,2,6-7,12H2,1H3,(H,14,15,16). The van der Waals surface area contributed by atoms with Crippen molar-refractivity contribution in [1.29, 1.82) is 0 Å². The number of carbonyl (C=O) groups is 2. The summed E-state index contributed by atoms with van der Waals surface area (Å²) in [5, 5.41) is 2.30. The molecular formula is C11H17N3O2S. The number of hydrogen-bond donors (Lipinski definition) is 3. The lowest BCUT2D eigenvalue weighted by Gasteiger charge is -2.07. The third kappa shape index (κ3) is 5.06. The maximum atomic E-state index is 11.5. The van der Waals surface area contributed by atoms with Crippen LogP contribution in [-0.4, -0.2) is 34.3 Å². The van der Waals surface area contributed by atoms with E-state index < -0.39 is 5.91 Å². The zero-order chi connectivity index (χ0) is 12.7. The number of H-pyrrole nitrogens is 1. The second kappa shape index (κ2) is 7.13. The summed E-state index contributed by atoms with van der Waals surface area (Å²) in [6, 6.07) is 3.42. The fourth-order valence-electron chi connectivity index (χ4n) is 1.12. The van der Waals surface area contributed by atoms with Gasteiger partial charge in [-0.1, -0.05) is 6.92 Å². The van der Waals surface area contributed by atoms with E-state index in [1.165, 1.54) is 11.8 Å². The van der Waals surface area contributed by atoms with Crippen LogP contribution in [0.1, 0.15) is 23.8 Å². The van der Waals surface area contributed by atoms with Gasteiger partial charge in [0.2, 0.25) is 5.91 Å². The summed E-state index contributed by atoms with van der Waals surface area (Å²) in [7, 11) is 0. The fourth-order valence-corrected chi connectivity index (χ4v) is 2.04. The van der Waals surface area contributed by atoms with E-state index in [-0.39, 0.29) is 17.7 Å². The van der Waals surface area contributed by atoms with Crippen molar-refractivity contribution in [3.8, 4) is 0 Å². The lowest BCUT2D eigenvalue weighted by Crippen LogP contribution is -2.32. The van der Waals surface area contributed by atoms with Gasteiger partial charge in [-0.05, 0) is 18.6 Å². The minimum Gasteiger partial charge on any atom is -0.357 e. The van der Waals surface area contributed by atoms with Crippen molar-refractivity contribution in [1.82, 2.24) is 10.3 Å². The van der Waals surface area contributed by atoms with Gasteiger partial charge in [-0.3, -0.25) is 14.9 Å². The molecule has 2 amide bonds. The first-order valence-electron chi connectivity index (χ1n) is 5.44. The normalized spacial score (nSPS) is 12.1. The number of nitrogens with one attached hydrogen (secondary N) is 2. The molecule has 1 heterocycles. The maximum absolute atomic E-state index is 11.5. The Labute approximate surface area is 105 Å². The summed E-state index contributed by atoms with van der Waals surface area (Å²) in [5.74, 6) is 0.277. The topological polar surface area (TPSA) is 88.0 Å². The predicted octanol–water partition coefficient (Wildman–Crippen LogP) is 0.742. The zero-order valence-corrected chi connectivity index (χ0v) is 10.5. The molecule has 0 aliphatic heterocycles. The second-order valence-corrected chi connectivity index (χ2v) is 4.67. The summed E-state index contributed by atoms with van der Waals surface area (Å²) in [4.78, 5) is 25.6. The van der Waals surface area contributed by atoms with E-state index in [1.54, 1.807) is 18.3 Å². The van der Waals surface area contributed by atoms with E-state index in [2.05, 4.69) is 10.3 Å². The van der Waals surface area contributed by atoms with Gasteiger partial charge in [0.05, 0.1) is 5.75 Å². The number of amides is 2. The third-order valence-corrected chi connectivity index (χ3v) is 3.32. The molecule has 4 N–H and O–H groups in total. The molecule has 1 aromatic heterocycles. The van der Waals surface area contributed by atoms with Crippen LogP contribution in [0.4, 0.5) is 0 Å². The summed E-state index contributed by atoms with van der Waals surface area (Å²) in [5.41, 5.74) is 6.10. The fraction of sp³-hybridized carbons (Fsp3) is 0.455. The van der Waals surface area contributed by atoms with E-state index in [1.807, 2.05) is 6.92 Å². The van der Waals surface area contributed by atoms with Crippen LogP contribution in [0, 0.1) is 0 Å². The van der Waals surface area contributed by atoms with Gasteiger partial charge in [0.15, 0.2) is 0 Å². The minimum atomic E-state index is -0.402. The predicted molar refractivity (Wildman–Crippen MR) is 68.9 cm³/mol. The molecule has 0 saturated heterocycles. The van der Waals surface area contributed by atoms with Crippen LogP contribution in [-0.2, 0) is 4.79 Å². The number of aromatic amines is 1. The number of aromatic nitrogens is 1. The molecule has 0 aromatic carbocycles. The first-order valence-corrected chi connectivity index (χ1v) is 6.59. The highest BCUT2D eigenvalue weighted by Gasteiger charge is 2.11. The summed E-state index contributed by atoms with van der Waals surface area (Å²) < 4.78 is 0. The van der Waals surface area contributed by atoms with Crippen LogP contribution >= 0.6 is 11.8 Å². The molecule has 0 aliphatic carbocycles. The van der Waals surface area contributed by atoms with Gasteiger partial charge >= 0.3 is 0 Å². The Bertz CT molecular complexity index is 365. The SMILES string of the molecule is CCC(N)CSCC(=O)NC(=O)c1ccc[nH]1. The van der Waals surface area contributed by atoms with Crippen LogP contribution in [0.25, 0.3) is 0 Å². The van der Waals surface area contributed by atoms with Gasteiger partial charge in [0.25, 0.3) is 5.91 Å². The molecule has 1 atom stereocenters. The number of nitrogens with two attached hydrogens (primary N) is 1. The zero-order valence-electron chi connectivity index (χ0n) is 9.73. The van der Waals surface area contributed by atoms with Crippen LogP contribution < -0.4 is 11.1 Å². The highest BCUT2D eigenvalue weighted by Crippen LogP contribution is 2.03. The molecule has 5 nitrogen and oxygen atoms in total. The van der Waals surface area contributed by atoms with Crippen molar-refractivity contribution < 1.29 is 9.59 Å². The molecular weight excluding hydrogens is 238 g/mol. The number of hydrogen-bond acceptors (Lipinski definition) is 4. The maximum Gasteiger partial charge on any atom is 0.274 e. The molecule has 0 fully saturated rings. The summed E-state index contributed by atoms with van der Waals surface area (Å²) >= 11 is 1.43. The monoisotopic (exact) mass is 255 g/mol. The van der Waals surface area contributed by atoms with Crippen molar-refractivity contribution in [2.75, 3.05) is 11.5 Å². The smallest absolute Gasteiger partial charge is 0.274 e. The number of imide groups is 1. The average Bonchev–Trinajstić information content (AvgIpc) is 2.82. The molecule has 0 bridgehead atoms. The largest absolute Gasteiger partial charge is 0.357 e. The lowest BCUT2D eigenvalue weighted by atomic mass is 10.3. The van der Waals surface area contributed by atoms with Gasteiger partial charge in [0, 0.05) is 18.0 Å². The van der Waals surface area contributed by atoms with E-state index in [0.717, 1.165) is 12.2 Å². The quantitative estimate of drug-likeness (QED) is 0.699. The Morgan fingerprint density at radius 3 is 2.94 bits per heavy atom. The summed E-state index contributed by atoms with van der Waals surface area (Å²) in [6.45, 7) is 2.00. The first kappa shape index (κ1) is 13.8. The summed E-state index contributed by atoms with van der Waals surface area (Å²) in [6.07, 6.45) is 2.52. The highest BCUT2D eigenvalue weighted by atomic mass is 32.2. The van der Waals surface area contributed by atoms with Gasteiger partial charge < -0.3 is 10.7 Å². The van der Waals surface area contributed by atoms with Gasteiger partial charge in [-0.2, -0.15) is 11.8 Å². The number of thioether (sulfide) groups is 1. The van der Waals surface area contributed by atoms with E-state index in [4.69, 9.17) is 5.73 Å². The van der Waals surface area contributed by atoms with Gasteiger partial charge in [-0.25, -0.2) is 0 Å². The molecule has 0 saturated carbocycles. The molecule has 6 heteroatoms. The van der Waals surface area contributed by atoms with Crippen molar-refractivity contribution in [2.24, 2.45) is 5.73 Å². The van der Waals surface area contributed by atoms with E-state index in [9.17, 15) is 9.59 Å². The second-order valence-electron chi connectivity index (χ2n) is 3.64. The molecule has 0 radical (unpaired) electrons. The number of carbonyl (C=O) groups excluding carboxylic acids is 2. The Kier molecular flexibility index (Phi) is 5.79. The van der Waals surface area contributed by atoms with Gasteiger partial charge in [-0.15, -0.1) is 0 Å². The van der Waals surface area contributed by atoms with Crippen molar-refractivity contribution in [3.63, 3.8) is 0 Å². The van der Waals surface area contributed by atoms with E-state index in [0.29, 0.717) is 5.69 Å². The first-order chi connectivity index (χ1) is 8.13. The Balaban J connectivity index is 2.23. The highest BCUT2D eigenvalue weighted by molar-refractivity contribution is 8.00. The van der Waals surface area contributed by atoms with E-state index >= 15 is 0 Å². The number of rotatable bonds is 6. The Morgan fingerprint density at radius 2 is 2.35 bits per heavy atom. The average molecular weight is 255 g/mol. The Morgan fingerprint density at radius 1 is 1.59 bits per heavy atom. The molecule has 0 spiro atoms. The molecule has 94 valence electrons. The van der Waals surface area contributed by atoms with Crippen molar-refractivity contribution >= 4 is 23.6 Å². The molecule has 0 aliphatic rings. The molecule has 17 heavy (non-hydrogen) atoms. The third-order valence-electron chi connectivity index (χ3n) is 2.18. The molecule has 1 rings (SSSR count). The van der Waals surface area contributed by atoms with Crippen LogP contribution in [0.2, 0.25) is 0 Å².